The van der Waals surface area contributed by atoms with E-state index in [2.05, 4.69) is 6.07 Å². The quantitative estimate of drug-likeness (QED) is 0.358. The molecule has 0 saturated carbocycles. The van der Waals surface area contributed by atoms with Crippen LogP contribution in [0.25, 0.3) is 11.6 Å². The van der Waals surface area contributed by atoms with E-state index < -0.39 is 4.92 Å². The maximum atomic E-state index is 10.6. The minimum Gasteiger partial charge on any atom is -0.497 e. The van der Waals surface area contributed by atoms with E-state index in [1.54, 1.807) is 31.4 Å². The number of nitrogens with zero attached hydrogens (tertiary/aromatic N) is 2. The smallest absolute Gasteiger partial charge is 0.269 e. The second-order valence-electron chi connectivity index (χ2n) is 4.63. The molecule has 2 aromatic carbocycles. The number of non-ortho nitro benzene ring substituents is 1. The van der Waals surface area contributed by atoms with Gasteiger partial charge in [-0.2, -0.15) is 5.26 Å². The molecule has 0 unspecified atom stereocenters. The summed E-state index contributed by atoms with van der Waals surface area (Å²) < 4.78 is 5.09. The zero-order valence-electron chi connectivity index (χ0n) is 12.5. The molecule has 0 amide bonds. The van der Waals surface area contributed by atoms with Crippen LogP contribution in [0.1, 0.15) is 11.1 Å². The fourth-order valence-electron chi connectivity index (χ4n) is 1.93. The van der Waals surface area contributed by atoms with Gasteiger partial charge < -0.3 is 4.74 Å². The van der Waals surface area contributed by atoms with Crippen molar-refractivity contribution in [1.29, 1.82) is 5.26 Å². The highest BCUT2D eigenvalue weighted by molar-refractivity contribution is 5.79. The number of allylic oxidation sites excluding steroid dienone is 3. The molecule has 0 spiro atoms. The van der Waals surface area contributed by atoms with Crippen molar-refractivity contribution in [2.24, 2.45) is 0 Å². The lowest BCUT2D eigenvalue weighted by molar-refractivity contribution is -0.384. The molecule has 0 aliphatic heterocycles. The third-order valence-electron chi connectivity index (χ3n) is 3.18. The Morgan fingerprint density at radius 1 is 1.17 bits per heavy atom. The summed E-state index contributed by atoms with van der Waals surface area (Å²) in [4.78, 5) is 10.2. The third kappa shape index (κ3) is 4.29. The van der Waals surface area contributed by atoms with Crippen molar-refractivity contribution < 1.29 is 9.66 Å². The summed E-state index contributed by atoms with van der Waals surface area (Å²) in [6, 6.07) is 15.5. The molecular weight excluding hydrogens is 292 g/mol. The van der Waals surface area contributed by atoms with Crippen LogP contribution in [0.5, 0.6) is 5.75 Å². The highest BCUT2D eigenvalue weighted by Gasteiger charge is 2.05. The normalized spacial score (nSPS) is 11.2. The number of nitro groups is 1. The summed E-state index contributed by atoms with van der Waals surface area (Å²) in [5.41, 5.74) is 2.05. The number of benzene rings is 2. The van der Waals surface area contributed by atoms with Gasteiger partial charge >= 0.3 is 0 Å². The molecule has 2 aromatic rings. The molecule has 5 nitrogen and oxygen atoms in total. The fraction of sp³-hybridized carbons (Fsp3) is 0.0556. The average molecular weight is 306 g/mol. The number of hydrogen-bond donors (Lipinski definition) is 0. The van der Waals surface area contributed by atoms with E-state index in [1.807, 2.05) is 30.3 Å². The van der Waals surface area contributed by atoms with Crippen LogP contribution >= 0.6 is 0 Å². The molecule has 0 aromatic heterocycles. The average Bonchev–Trinajstić information content (AvgIpc) is 2.59. The molecule has 0 radical (unpaired) electrons. The Kier molecular flexibility index (Phi) is 5.26. The SMILES string of the molecule is COc1ccc(C=CC=C(C#N)c2ccc([N+](=O)[O-])cc2)cc1. The molecule has 0 bridgehead atoms. The van der Waals surface area contributed by atoms with Gasteiger partial charge in [0.1, 0.15) is 5.75 Å². The topological polar surface area (TPSA) is 76.2 Å². The molecule has 2 rings (SSSR count). The van der Waals surface area contributed by atoms with Gasteiger partial charge in [0.15, 0.2) is 0 Å². The highest BCUT2D eigenvalue weighted by atomic mass is 16.6. The van der Waals surface area contributed by atoms with E-state index in [0.29, 0.717) is 11.1 Å². The zero-order valence-corrected chi connectivity index (χ0v) is 12.5. The molecule has 0 fully saturated rings. The molecule has 0 aliphatic carbocycles. The summed E-state index contributed by atoms with van der Waals surface area (Å²) in [6.45, 7) is 0. The monoisotopic (exact) mass is 306 g/mol. The van der Waals surface area contributed by atoms with Gasteiger partial charge in [-0.1, -0.05) is 24.3 Å². The van der Waals surface area contributed by atoms with Crippen molar-refractivity contribution in [1.82, 2.24) is 0 Å². The van der Waals surface area contributed by atoms with Gasteiger partial charge in [-0.3, -0.25) is 10.1 Å². The van der Waals surface area contributed by atoms with Crippen LogP contribution in [-0.2, 0) is 0 Å². The largest absolute Gasteiger partial charge is 0.497 e. The predicted octanol–water partition coefficient (Wildman–Crippen LogP) is 4.22. The van der Waals surface area contributed by atoms with Crippen LogP contribution < -0.4 is 4.74 Å². The number of rotatable bonds is 5. The van der Waals surface area contributed by atoms with Gasteiger partial charge in [-0.15, -0.1) is 0 Å². The Labute approximate surface area is 133 Å². The Hall–Kier alpha value is -3.39. The Balaban J connectivity index is 2.16. The van der Waals surface area contributed by atoms with Crippen LogP contribution in [-0.4, -0.2) is 12.0 Å². The summed E-state index contributed by atoms with van der Waals surface area (Å²) in [6.07, 6.45) is 5.30. The van der Waals surface area contributed by atoms with E-state index in [1.165, 1.54) is 12.1 Å². The lowest BCUT2D eigenvalue weighted by atomic mass is 10.1. The summed E-state index contributed by atoms with van der Waals surface area (Å²) in [7, 11) is 1.61. The van der Waals surface area contributed by atoms with Gasteiger partial charge in [0, 0.05) is 12.1 Å². The van der Waals surface area contributed by atoms with Crippen LogP contribution in [0.3, 0.4) is 0 Å². The van der Waals surface area contributed by atoms with Gasteiger partial charge in [-0.05, 0) is 41.5 Å². The first-order chi connectivity index (χ1) is 11.1. The number of methoxy groups -OCH3 is 1. The van der Waals surface area contributed by atoms with Crippen molar-refractivity contribution in [2.45, 2.75) is 0 Å². The van der Waals surface area contributed by atoms with Crippen molar-refractivity contribution in [2.75, 3.05) is 7.11 Å². The van der Waals surface area contributed by atoms with E-state index in [-0.39, 0.29) is 5.69 Å². The molecular formula is C18H14N2O3. The van der Waals surface area contributed by atoms with Crippen LogP contribution in [0.2, 0.25) is 0 Å². The maximum absolute atomic E-state index is 10.6. The van der Waals surface area contributed by atoms with Crippen LogP contribution in [0.15, 0.2) is 60.7 Å². The van der Waals surface area contributed by atoms with E-state index in [4.69, 9.17) is 4.74 Å². The first-order valence-electron chi connectivity index (χ1n) is 6.81. The van der Waals surface area contributed by atoms with E-state index in [9.17, 15) is 15.4 Å². The summed E-state index contributed by atoms with van der Waals surface area (Å²) in [5.74, 6) is 0.779. The number of ether oxygens (including phenoxy) is 1. The molecule has 0 atom stereocenters. The maximum Gasteiger partial charge on any atom is 0.269 e. The first-order valence-corrected chi connectivity index (χ1v) is 6.81. The Morgan fingerprint density at radius 3 is 2.35 bits per heavy atom. The Morgan fingerprint density at radius 2 is 1.83 bits per heavy atom. The molecule has 0 N–H and O–H groups in total. The number of hydrogen-bond acceptors (Lipinski definition) is 4. The number of nitriles is 1. The molecule has 0 saturated heterocycles. The van der Waals surface area contributed by atoms with Crippen LogP contribution in [0.4, 0.5) is 5.69 Å². The first kappa shape index (κ1) is 16.0. The molecule has 5 heteroatoms. The summed E-state index contributed by atoms with van der Waals surface area (Å²) in [5, 5.41) is 19.9. The molecule has 23 heavy (non-hydrogen) atoms. The van der Waals surface area contributed by atoms with Gasteiger partial charge in [-0.25, -0.2) is 0 Å². The molecule has 114 valence electrons. The predicted molar refractivity (Wildman–Crippen MR) is 88.7 cm³/mol. The lowest BCUT2D eigenvalue weighted by Gasteiger charge is -1.99. The Bertz CT molecular complexity index is 783. The minimum atomic E-state index is -0.469. The van der Waals surface area contributed by atoms with E-state index in [0.717, 1.165) is 11.3 Å². The molecule has 0 heterocycles. The van der Waals surface area contributed by atoms with Crippen molar-refractivity contribution in [3.63, 3.8) is 0 Å². The van der Waals surface area contributed by atoms with Gasteiger partial charge in [0.25, 0.3) is 5.69 Å². The van der Waals surface area contributed by atoms with Crippen molar-refractivity contribution in [3.05, 3.63) is 81.9 Å². The molecule has 0 aliphatic rings. The fourth-order valence-corrected chi connectivity index (χ4v) is 1.93. The zero-order chi connectivity index (χ0) is 16.7. The second kappa shape index (κ2) is 7.57. The van der Waals surface area contributed by atoms with Crippen molar-refractivity contribution >= 4 is 17.3 Å². The van der Waals surface area contributed by atoms with Gasteiger partial charge in [0.2, 0.25) is 0 Å². The number of nitro benzene ring substituents is 1. The standard InChI is InChI=1S/C18H14N2O3/c1-23-18-11-5-14(6-12-18)3-2-4-16(13-19)15-7-9-17(10-8-15)20(21)22/h2-12H,1H3. The second-order valence-corrected chi connectivity index (χ2v) is 4.63. The van der Waals surface area contributed by atoms with Crippen LogP contribution in [0, 0.1) is 21.4 Å². The third-order valence-corrected chi connectivity index (χ3v) is 3.18. The summed E-state index contributed by atoms with van der Waals surface area (Å²) >= 11 is 0. The van der Waals surface area contributed by atoms with Crippen molar-refractivity contribution in [3.8, 4) is 11.8 Å². The minimum absolute atomic E-state index is 0.000172. The highest BCUT2D eigenvalue weighted by Crippen LogP contribution is 2.19. The lowest BCUT2D eigenvalue weighted by Crippen LogP contribution is -1.88. The van der Waals surface area contributed by atoms with E-state index >= 15 is 0 Å². The van der Waals surface area contributed by atoms with Gasteiger partial charge in [0.05, 0.1) is 23.7 Å².